The number of carbonyl (C=O) groups excluding carboxylic acids is 1. The van der Waals surface area contributed by atoms with E-state index in [0.29, 0.717) is 11.3 Å². The Morgan fingerprint density at radius 1 is 1.25 bits per heavy atom. The van der Waals surface area contributed by atoms with Gasteiger partial charge in [0.2, 0.25) is 0 Å². The summed E-state index contributed by atoms with van der Waals surface area (Å²) in [6, 6.07) is 13.7. The summed E-state index contributed by atoms with van der Waals surface area (Å²) < 4.78 is 13.4. The third-order valence-electron chi connectivity index (χ3n) is 4.55. The minimum Gasteiger partial charge on any atom is -0.347 e. The standard InChI is InChI=1S/C21H19FN4OS/c22-14-3-1-2-13(10-14)11-15(12-23)26-21(27)19-5-4-18(28-19)16-6-8-24-20-17(16)7-9-25-20/h1-10,15H,11-12,23H2,(H,24,25)(H,26,27). The lowest BCUT2D eigenvalue weighted by Gasteiger charge is -2.16. The Hall–Kier alpha value is -3.03. The molecule has 4 aromatic rings. The molecule has 0 aliphatic carbocycles. The SMILES string of the molecule is NCC(Cc1cccc(F)c1)NC(=O)c1ccc(-c2ccnc3[nH]ccc23)s1. The molecule has 3 aromatic heterocycles. The van der Waals surface area contributed by atoms with Gasteiger partial charge in [-0.1, -0.05) is 12.1 Å². The molecular formula is C21H19FN4OS. The Morgan fingerprint density at radius 3 is 2.96 bits per heavy atom. The number of pyridine rings is 1. The highest BCUT2D eigenvalue weighted by atomic mass is 32.1. The fourth-order valence-electron chi connectivity index (χ4n) is 3.18. The lowest BCUT2D eigenvalue weighted by atomic mass is 10.1. The van der Waals surface area contributed by atoms with Gasteiger partial charge in [-0.05, 0) is 48.4 Å². The van der Waals surface area contributed by atoms with Crippen molar-refractivity contribution in [3.63, 3.8) is 0 Å². The fourth-order valence-corrected chi connectivity index (χ4v) is 4.13. The molecule has 0 spiro atoms. The first-order valence-electron chi connectivity index (χ1n) is 8.91. The lowest BCUT2D eigenvalue weighted by molar-refractivity contribution is 0.0942. The molecule has 0 aliphatic rings. The van der Waals surface area contributed by atoms with Crippen molar-refractivity contribution in [2.24, 2.45) is 5.73 Å². The summed E-state index contributed by atoms with van der Waals surface area (Å²) in [5.41, 5.74) is 8.46. The van der Waals surface area contributed by atoms with E-state index in [1.165, 1.54) is 23.5 Å². The van der Waals surface area contributed by atoms with E-state index in [1.54, 1.807) is 12.3 Å². The monoisotopic (exact) mass is 394 g/mol. The first-order valence-corrected chi connectivity index (χ1v) is 9.73. The topological polar surface area (TPSA) is 83.8 Å². The van der Waals surface area contributed by atoms with Crippen LogP contribution in [0.1, 0.15) is 15.2 Å². The molecule has 3 heterocycles. The molecule has 5 nitrogen and oxygen atoms in total. The third kappa shape index (κ3) is 3.81. The zero-order valence-electron chi connectivity index (χ0n) is 15.0. The van der Waals surface area contributed by atoms with Crippen molar-refractivity contribution in [1.29, 1.82) is 0 Å². The minimum atomic E-state index is -0.295. The van der Waals surface area contributed by atoms with Crippen LogP contribution >= 0.6 is 11.3 Å². The van der Waals surface area contributed by atoms with Crippen LogP contribution in [0.5, 0.6) is 0 Å². The molecule has 0 saturated carbocycles. The van der Waals surface area contributed by atoms with Gasteiger partial charge in [0.15, 0.2) is 0 Å². The summed E-state index contributed by atoms with van der Waals surface area (Å²) in [5, 5.41) is 3.97. The minimum absolute atomic E-state index is 0.178. The van der Waals surface area contributed by atoms with Gasteiger partial charge in [-0.2, -0.15) is 0 Å². The molecule has 0 saturated heterocycles. The number of nitrogens with one attached hydrogen (secondary N) is 2. The number of benzene rings is 1. The summed E-state index contributed by atoms with van der Waals surface area (Å²) in [5.74, 6) is -0.474. The van der Waals surface area contributed by atoms with Gasteiger partial charge < -0.3 is 16.0 Å². The van der Waals surface area contributed by atoms with Crippen molar-refractivity contribution in [2.45, 2.75) is 12.5 Å². The van der Waals surface area contributed by atoms with Crippen molar-refractivity contribution in [3.05, 3.63) is 77.2 Å². The summed E-state index contributed by atoms with van der Waals surface area (Å²) in [7, 11) is 0. The van der Waals surface area contributed by atoms with Crippen LogP contribution in [0.4, 0.5) is 4.39 Å². The number of halogens is 1. The molecule has 1 aromatic carbocycles. The molecule has 142 valence electrons. The van der Waals surface area contributed by atoms with Crippen molar-refractivity contribution < 1.29 is 9.18 Å². The average molecular weight is 394 g/mol. The number of H-pyrrole nitrogens is 1. The zero-order valence-corrected chi connectivity index (χ0v) is 15.8. The summed E-state index contributed by atoms with van der Waals surface area (Å²) >= 11 is 1.42. The number of aromatic amines is 1. The molecule has 0 radical (unpaired) electrons. The number of thiophene rings is 1. The van der Waals surface area contributed by atoms with Gasteiger partial charge in [-0.15, -0.1) is 11.3 Å². The summed E-state index contributed by atoms with van der Waals surface area (Å²) in [6.07, 6.45) is 4.07. The number of fused-ring (bicyclic) bond motifs is 1. The highest BCUT2D eigenvalue weighted by Gasteiger charge is 2.16. The van der Waals surface area contributed by atoms with Crippen LogP contribution in [0.25, 0.3) is 21.5 Å². The molecule has 0 fully saturated rings. The number of hydrogen-bond acceptors (Lipinski definition) is 4. The maximum Gasteiger partial charge on any atom is 0.261 e. The van der Waals surface area contributed by atoms with Crippen molar-refractivity contribution in [3.8, 4) is 10.4 Å². The van der Waals surface area contributed by atoms with Crippen LogP contribution in [-0.2, 0) is 6.42 Å². The number of amides is 1. The molecule has 4 N–H and O–H groups in total. The smallest absolute Gasteiger partial charge is 0.261 e. The maximum absolute atomic E-state index is 13.4. The second-order valence-corrected chi connectivity index (χ2v) is 7.59. The van der Waals surface area contributed by atoms with Gasteiger partial charge in [-0.3, -0.25) is 4.79 Å². The lowest BCUT2D eigenvalue weighted by Crippen LogP contribution is -2.41. The Balaban J connectivity index is 1.50. The third-order valence-corrected chi connectivity index (χ3v) is 5.66. The largest absolute Gasteiger partial charge is 0.347 e. The van der Waals surface area contributed by atoms with Gasteiger partial charge in [0.25, 0.3) is 5.91 Å². The number of nitrogens with zero attached hydrogens (tertiary/aromatic N) is 1. The number of nitrogens with two attached hydrogens (primary N) is 1. The Morgan fingerprint density at radius 2 is 2.14 bits per heavy atom. The van der Waals surface area contributed by atoms with Gasteiger partial charge in [0.1, 0.15) is 11.5 Å². The summed E-state index contributed by atoms with van der Waals surface area (Å²) in [4.78, 5) is 21.7. The number of carbonyl (C=O) groups is 1. The Kier molecular flexibility index (Phi) is 5.18. The first kappa shape index (κ1) is 18.3. The van der Waals surface area contributed by atoms with Crippen molar-refractivity contribution in [1.82, 2.24) is 15.3 Å². The highest BCUT2D eigenvalue weighted by molar-refractivity contribution is 7.17. The van der Waals surface area contributed by atoms with E-state index in [2.05, 4.69) is 15.3 Å². The van der Waals surface area contributed by atoms with Gasteiger partial charge in [-0.25, -0.2) is 9.37 Å². The van der Waals surface area contributed by atoms with Gasteiger partial charge in [0, 0.05) is 40.8 Å². The number of aromatic nitrogens is 2. The van der Waals surface area contributed by atoms with E-state index in [-0.39, 0.29) is 24.3 Å². The van der Waals surface area contributed by atoms with Crippen LogP contribution in [0.15, 0.2) is 60.9 Å². The predicted molar refractivity (Wildman–Crippen MR) is 110 cm³/mol. The molecule has 1 unspecified atom stereocenters. The predicted octanol–water partition coefficient (Wildman–Crippen LogP) is 3.73. The van der Waals surface area contributed by atoms with E-state index in [4.69, 9.17) is 5.73 Å². The quantitative estimate of drug-likeness (QED) is 0.466. The van der Waals surface area contributed by atoms with E-state index in [0.717, 1.165) is 27.0 Å². The average Bonchev–Trinajstić information content (AvgIpc) is 3.36. The molecule has 0 aliphatic heterocycles. The summed E-state index contributed by atoms with van der Waals surface area (Å²) in [6.45, 7) is 0.273. The van der Waals surface area contributed by atoms with Crippen molar-refractivity contribution >= 4 is 28.3 Å². The molecule has 7 heteroatoms. The van der Waals surface area contributed by atoms with Crippen LogP contribution in [0.2, 0.25) is 0 Å². The van der Waals surface area contributed by atoms with Crippen LogP contribution in [0, 0.1) is 5.82 Å². The highest BCUT2D eigenvalue weighted by Crippen LogP contribution is 2.32. The fraction of sp³-hybridized carbons (Fsp3) is 0.143. The molecular weight excluding hydrogens is 375 g/mol. The number of rotatable bonds is 6. The van der Waals surface area contributed by atoms with Crippen LogP contribution in [-0.4, -0.2) is 28.5 Å². The zero-order chi connectivity index (χ0) is 19.5. The van der Waals surface area contributed by atoms with E-state index in [9.17, 15) is 9.18 Å². The molecule has 4 rings (SSSR count). The van der Waals surface area contributed by atoms with Crippen LogP contribution in [0.3, 0.4) is 0 Å². The van der Waals surface area contributed by atoms with Gasteiger partial charge >= 0.3 is 0 Å². The second-order valence-electron chi connectivity index (χ2n) is 6.50. The maximum atomic E-state index is 13.4. The molecule has 0 bridgehead atoms. The molecule has 28 heavy (non-hydrogen) atoms. The second kappa shape index (κ2) is 7.92. The Bertz CT molecular complexity index is 1120. The first-order chi connectivity index (χ1) is 13.6. The van der Waals surface area contributed by atoms with E-state index in [1.807, 2.05) is 36.5 Å². The van der Waals surface area contributed by atoms with E-state index < -0.39 is 0 Å². The van der Waals surface area contributed by atoms with Gasteiger partial charge in [0.05, 0.1) is 4.88 Å². The molecule has 1 amide bonds. The normalized spacial score (nSPS) is 12.2. The van der Waals surface area contributed by atoms with Crippen LogP contribution < -0.4 is 11.1 Å². The van der Waals surface area contributed by atoms with E-state index >= 15 is 0 Å². The number of hydrogen-bond donors (Lipinski definition) is 3. The molecule has 1 atom stereocenters. The Labute approximate surface area is 165 Å². The van der Waals surface area contributed by atoms with Crippen molar-refractivity contribution in [2.75, 3.05) is 6.54 Å².